The van der Waals surface area contributed by atoms with Crippen molar-refractivity contribution in [2.24, 2.45) is 0 Å². The van der Waals surface area contributed by atoms with Gasteiger partial charge in [-0.05, 0) is 19.9 Å². The lowest BCUT2D eigenvalue weighted by Crippen LogP contribution is -2.27. The number of nitrogens with one attached hydrogen (secondary N) is 2. The fraction of sp³-hybridized carbons (Fsp3) is 0.286. The molecule has 0 amide bonds. The Kier molecular flexibility index (Phi) is 9.59. The molecule has 4 heterocycles. The molecule has 0 spiro atoms. The molecule has 0 radical (unpaired) electrons. The molecular weight excluding hydrogens is 710 g/mol. The van der Waals surface area contributed by atoms with Crippen LogP contribution in [0.15, 0.2) is 44.6 Å². The van der Waals surface area contributed by atoms with Crippen molar-refractivity contribution in [1.82, 2.24) is 29.5 Å². The predicted octanol–water partition coefficient (Wildman–Crippen LogP) is 5.14. The topological polar surface area (TPSA) is 163 Å². The summed E-state index contributed by atoms with van der Waals surface area (Å²) in [6, 6.07) is 4.96. The Morgan fingerprint density at radius 1 is 0.796 bits per heavy atom. The number of H-pyrrole nitrogens is 2. The summed E-state index contributed by atoms with van der Waals surface area (Å²) >= 11 is 1.13. The van der Waals surface area contributed by atoms with Crippen LogP contribution < -0.4 is 15.9 Å². The quantitative estimate of drug-likeness (QED) is 0.146. The van der Waals surface area contributed by atoms with Crippen molar-refractivity contribution in [1.29, 1.82) is 0 Å². The monoisotopic (exact) mass is 732 g/mol. The average Bonchev–Trinajstić information content (AvgIpc) is 3.84. The zero-order valence-electron chi connectivity index (χ0n) is 25.2. The van der Waals surface area contributed by atoms with Gasteiger partial charge in [-0.2, -0.15) is 35.7 Å². The molecule has 260 valence electrons. The second-order valence-electron chi connectivity index (χ2n) is 9.72. The number of carbonyl (C=O) groups excluding carboxylic acids is 2. The minimum atomic E-state index is -5.40. The van der Waals surface area contributed by atoms with E-state index >= 15 is 0 Å². The van der Waals surface area contributed by atoms with Crippen LogP contribution in [0.5, 0.6) is 5.75 Å². The third kappa shape index (κ3) is 6.62. The number of aromatic amines is 2. The molecule has 49 heavy (non-hydrogen) atoms. The summed E-state index contributed by atoms with van der Waals surface area (Å²) in [7, 11) is 1.09. The molecule has 5 rings (SSSR count). The van der Waals surface area contributed by atoms with Gasteiger partial charge in [0, 0.05) is 16.3 Å². The van der Waals surface area contributed by atoms with Gasteiger partial charge in [0.1, 0.15) is 17.1 Å². The van der Waals surface area contributed by atoms with Crippen LogP contribution in [0, 0.1) is 0 Å². The summed E-state index contributed by atoms with van der Waals surface area (Å²) in [5.74, 6) is -4.52. The minimum Gasteiger partial charge on any atom is -0.496 e. The van der Waals surface area contributed by atoms with Gasteiger partial charge in [-0.15, -0.1) is 22.7 Å². The molecule has 5 aromatic rings. The number of hydrogen-bond acceptors (Lipinski definition) is 11. The minimum absolute atomic E-state index is 0.0576. The van der Waals surface area contributed by atoms with Gasteiger partial charge in [0.2, 0.25) is 10.3 Å². The first-order valence-corrected chi connectivity index (χ1v) is 15.6. The number of alkyl halides is 6. The standard InChI is InChI=1S/C28H22F6N6O7S2/c1-4-46-23(43)13-10-48-25(35-13)39-21(41)17(19(37-39)27(29,30)31)16(12-8-6-7-9-15(12)45-3)18-20(28(32,33)34)38-40(22(18)42)26-36-14(11-49-26)24(44)47-5-2/h6-11,16,37-38H,4-5H2,1-3H3. The van der Waals surface area contributed by atoms with Crippen LogP contribution in [-0.2, 0) is 21.8 Å². The molecule has 4 aromatic heterocycles. The number of ether oxygens (including phenoxy) is 3. The average molecular weight is 733 g/mol. The molecule has 0 bridgehead atoms. The molecule has 0 aliphatic rings. The highest BCUT2D eigenvalue weighted by Crippen LogP contribution is 2.44. The van der Waals surface area contributed by atoms with E-state index in [-0.39, 0.29) is 30.4 Å². The number of esters is 2. The molecule has 13 nitrogen and oxygen atoms in total. The van der Waals surface area contributed by atoms with E-state index in [0.717, 1.165) is 23.9 Å². The molecule has 0 unspecified atom stereocenters. The summed E-state index contributed by atoms with van der Waals surface area (Å²) in [5, 5.41) is 4.97. The van der Waals surface area contributed by atoms with E-state index in [9.17, 15) is 45.5 Å². The number of nitrogens with zero attached hydrogens (tertiary/aromatic N) is 4. The number of thiazole rings is 2. The molecule has 21 heteroatoms. The van der Waals surface area contributed by atoms with Crippen molar-refractivity contribution in [3.63, 3.8) is 0 Å². The molecular formula is C28H22F6N6O7S2. The number of para-hydroxylation sites is 1. The van der Waals surface area contributed by atoms with Crippen LogP contribution in [0.2, 0.25) is 0 Å². The second-order valence-corrected chi connectivity index (χ2v) is 11.4. The fourth-order valence-corrected chi connectivity index (χ4v) is 6.33. The smallest absolute Gasteiger partial charge is 0.433 e. The van der Waals surface area contributed by atoms with Gasteiger partial charge < -0.3 is 14.2 Å². The van der Waals surface area contributed by atoms with E-state index < -0.39 is 79.7 Å². The van der Waals surface area contributed by atoms with E-state index in [1.165, 1.54) is 32.0 Å². The number of halogens is 6. The maximum absolute atomic E-state index is 14.7. The molecule has 0 aliphatic carbocycles. The van der Waals surface area contributed by atoms with Crippen molar-refractivity contribution in [3.05, 3.63) is 95.2 Å². The Morgan fingerprint density at radius 3 is 1.61 bits per heavy atom. The number of rotatable bonds is 10. The Balaban J connectivity index is 1.85. The van der Waals surface area contributed by atoms with Crippen LogP contribution in [0.3, 0.4) is 0 Å². The van der Waals surface area contributed by atoms with Gasteiger partial charge in [0.15, 0.2) is 11.4 Å². The molecule has 2 N–H and O–H groups in total. The zero-order valence-corrected chi connectivity index (χ0v) is 26.8. The first kappa shape index (κ1) is 35.1. The summed E-state index contributed by atoms with van der Waals surface area (Å²) < 4.78 is 104. The van der Waals surface area contributed by atoms with Crippen LogP contribution in [-0.4, -0.2) is 61.8 Å². The maximum atomic E-state index is 14.7. The van der Waals surface area contributed by atoms with Crippen molar-refractivity contribution in [2.45, 2.75) is 32.1 Å². The Labute approximate surface area is 277 Å². The van der Waals surface area contributed by atoms with Gasteiger partial charge in [0.05, 0.1) is 37.4 Å². The van der Waals surface area contributed by atoms with Gasteiger partial charge >= 0.3 is 24.3 Å². The summed E-state index contributed by atoms with van der Waals surface area (Å²) in [4.78, 5) is 60.1. The molecule has 0 atom stereocenters. The Bertz CT molecular complexity index is 2010. The highest BCUT2D eigenvalue weighted by atomic mass is 32.1. The summed E-state index contributed by atoms with van der Waals surface area (Å²) in [6.45, 7) is 2.88. The van der Waals surface area contributed by atoms with E-state index in [2.05, 4.69) is 9.97 Å². The third-order valence-electron chi connectivity index (χ3n) is 6.78. The van der Waals surface area contributed by atoms with Crippen molar-refractivity contribution in [2.75, 3.05) is 20.3 Å². The lowest BCUT2D eigenvalue weighted by Gasteiger charge is -2.20. The molecule has 0 saturated carbocycles. The first-order chi connectivity index (χ1) is 23.1. The number of carbonyl (C=O) groups is 2. The van der Waals surface area contributed by atoms with E-state index in [1.807, 2.05) is 10.2 Å². The predicted molar refractivity (Wildman–Crippen MR) is 160 cm³/mol. The van der Waals surface area contributed by atoms with Crippen LogP contribution in [0.4, 0.5) is 26.3 Å². The molecule has 0 aliphatic heterocycles. The van der Waals surface area contributed by atoms with Crippen molar-refractivity contribution >= 4 is 34.6 Å². The summed E-state index contributed by atoms with van der Waals surface area (Å²) in [6.07, 6.45) is -10.8. The zero-order chi connectivity index (χ0) is 35.8. The largest absolute Gasteiger partial charge is 0.496 e. The molecule has 1 aromatic carbocycles. The van der Waals surface area contributed by atoms with E-state index in [4.69, 9.17) is 14.2 Å². The van der Waals surface area contributed by atoms with Crippen molar-refractivity contribution < 1.29 is 50.1 Å². The van der Waals surface area contributed by atoms with Gasteiger partial charge in [0.25, 0.3) is 11.1 Å². The van der Waals surface area contributed by atoms with E-state index in [0.29, 0.717) is 32.0 Å². The number of benzene rings is 1. The van der Waals surface area contributed by atoms with Crippen LogP contribution in [0.25, 0.3) is 10.3 Å². The van der Waals surface area contributed by atoms with Gasteiger partial charge in [-0.3, -0.25) is 19.8 Å². The molecule has 0 saturated heterocycles. The second kappa shape index (κ2) is 13.4. The van der Waals surface area contributed by atoms with Crippen LogP contribution >= 0.6 is 22.7 Å². The third-order valence-corrected chi connectivity index (χ3v) is 8.43. The highest BCUT2D eigenvalue weighted by molar-refractivity contribution is 7.12. The Morgan fingerprint density at radius 2 is 1.22 bits per heavy atom. The lowest BCUT2D eigenvalue weighted by molar-refractivity contribution is -0.142. The SMILES string of the molecule is CCOC(=O)c1csc(-n2[nH]c(C(F)(F)F)c(C(c3ccccc3OC)c3c(C(F)(F)F)[nH]n(-c4nc(C(=O)OCC)cs4)c3=O)c2=O)n1. The Hall–Kier alpha value is -5.18. The number of aromatic nitrogens is 6. The van der Waals surface area contributed by atoms with Gasteiger partial charge in [-0.1, -0.05) is 18.2 Å². The highest BCUT2D eigenvalue weighted by Gasteiger charge is 2.47. The first-order valence-electron chi connectivity index (χ1n) is 13.8. The van der Waals surface area contributed by atoms with E-state index in [1.54, 1.807) is 0 Å². The molecule has 0 fully saturated rings. The fourth-order valence-electron chi connectivity index (χ4n) is 4.83. The number of hydrogen-bond donors (Lipinski definition) is 2. The lowest BCUT2D eigenvalue weighted by atomic mass is 9.84. The normalized spacial score (nSPS) is 12.0. The van der Waals surface area contributed by atoms with Crippen molar-refractivity contribution in [3.8, 4) is 16.0 Å². The number of methoxy groups -OCH3 is 1. The maximum Gasteiger partial charge on any atom is 0.433 e. The van der Waals surface area contributed by atoms with Crippen LogP contribution in [0.1, 0.15) is 68.8 Å². The summed E-state index contributed by atoms with van der Waals surface area (Å²) in [5.41, 5.74) is -10.4. The van der Waals surface area contributed by atoms with Gasteiger partial charge in [-0.25, -0.2) is 19.6 Å².